The van der Waals surface area contributed by atoms with Crippen molar-refractivity contribution in [1.29, 1.82) is 0 Å². The lowest BCUT2D eigenvalue weighted by molar-refractivity contribution is -0.142. The summed E-state index contributed by atoms with van der Waals surface area (Å²) < 4.78 is 21.2. The fourth-order valence-electron chi connectivity index (χ4n) is 6.91. The molecule has 0 bridgehead atoms. The van der Waals surface area contributed by atoms with Crippen molar-refractivity contribution in [2.75, 3.05) is 65.4 Å². The van der Waals surface area contributed by atoms with E-state index in [0.717, 1.165) is 50.1 Å². The highest BCUT2D eigenvalue weighted by molar-refractivity contribution is 5.86. The normalized spacial score (nSPS) is 19.1. The summed E-state index contributed by atoms with van der Waals surface area (Å²) in [4.78, 5) is 79.8. The van der Waals surface area contributed by atoms with Crippen LogP contribution in [0.2, 0.25) is 0 Å². The lowest BCUT2D eigenvalue weighted by Gasteiger charge is -2.37. The summed E-state index contributed by atoms with van der Waals surface area (Å²) >= 11 is 0. The van der Waals surface area contributed by atoms with Gasteiger partial charge in [-0.3, -0.25) is 14.6 Å². The van der Waals surface area contributed by atoms with Crippen molar-refractivity contribution in [3.63, 3.8) is 0 Å². The van der Waals surface area contributed by atoms with Gasteiger partial charge in [-0.2, -0.15) is 0 Å². The minimum absolute atomic E-state index is 0.0735. The molecule has 0 unspecified atom stereocenters. The molecule has 0 radical (unpaired) electrons. The predicted octanol–water partition coefficient (Wildman–Crippen LogP) is 5.57. The van der Waals surface area contributed by atoms with Gasteiger partial charge in [0.1, 0.15) is 36.5 Å². The minimum atomic E-state index is -0.960. The van der Waals surface area contributed by atoms with E-state index in [9.17, 15) is 28.8 Å². The largest absolute Gasteiger partial charge is 0.480 e. The van der Waals surface area contributed by atoms with Crippen molar-refractivity contribution >= 4 is 36.2 Å². The van der Waals surface area contributed by atoms with Crippen molar-refractivity contribution in [3.8, 4) is 0 Å². The molecule has 2 aromatic carbocycles. The molecule has 5 amide bonds. The summed E-state index contributed by atoms with van der Waals surface area (Å²) in [6, 6.07) is 18.0. The standard InChI is InChI=1S/C22H31N3O5.C12H16N2O2.C10H17NO4/c1-22(2,3)30-21(28)25-11-7-10-18(25)19(26)23-12-14-24(15-13-23)20(27)29-16-17-8-5-4-6-9-17;15-12(14-8-6-13-7-9-14)16-10-11-4-2-1-3-5-11;1-10(2,3)15-9(14)11-6-4-5-7(11)8(12)13/h4-6,8-9,18H,7,10-16H2,1-3H3;1-5,13H,6-10H2;7H,4-6H2,1-3H3,(H,12,13)/t18-;;7-/m1.1/s1. The first-order valence-corrected chi connectivity index (χ1v) is 21.0. The van der Waals surface area contributed by atoms with Gasteiger partial charge in [-0.1, -0.05) is 60.7 Å². The van der Waals surface area contributed by atoms with Crippen molar-refractivity contribution < 1.29 is 52.8 Å². The van der Waals surface area contributed by atoms with Gasteiger partial charge in [-0.15, -0.1) is 0 Å². The number of amides is 5. The van der Waals surface area contributed by atoms with Crippen LogP contribution in [0.1, 0.15) is 78.4 Å². The first kappa shape index (κ1) is 48.1. The Morgan fingerprint density at radius 3 is 1.38 bits per heavy atom. The highest BCUT2D eigenvalue weighted by Crippen LogP contribution is 2.24. The van der Waals surface area contributed by atoms with E-state index in [1.807, 2.05) is 81.4 Å². The predicted molar refractivity (Wildman–Crippen MR) is 225 cm³/mol. The molecule has 2 aromatic rings. The van der Waals surface area contributed by atoms with Gasteiger partial charge < -0.3 is 44.1 Å². The highest BCUT2D eigenvalue weighted by Gasteiger charge is 2.40. The van der Waals surface area contributed by atoms with Crippen LogP contribution in [-0.2, 0) is 41.8 Å². The molecule has 17 nitrogen and oxygen atoms in total. The van der Waals surface area contributed by atoms with Crippen LogP contribution in [-0.4, -0.2) is 155 Å². The second-order valence-electron chi connectivity index (χ2n) is 17.1. The van der Waals surface area contributed by atoms with Gasteiger partial charge in [0, 0.05) is 65.4 Å². The van der Waals surface area contributed by atoms with E-state index in [2.05, 4.69) is 5.32 Å². The topological polar surface area (TPSA) is 188 Å². The molecule has 4 aliphatic heterocycles. The van der Waals surface area contributed by atoms with Crippen molar-refractivity contribution in [1.82, 2.24) is 29.8 Å². The number of hydrogen-bond acceptors (Lipinski definition) is 11. The molecule has 4 heterocycles. The number of carboxylic acids is 1. The Kier molecular flexibility index (Phi) is 18.0. The van der Waals surface area contributed by atoms with Gasteiger partial charge in [0.15, 0.2) is 0 Å². The molecule has 17 heteroatoms. The molecular formula is C44H64N6O11. The van der Waals surface area contributed by atoms with E-state index in [1.54, 1.807) is 35.5 Å². The Bertz CT molecular complexity index is 1740. The molecule has 6 rings (SSSR count). The number of piperazine rings is 2. The van der Waals surface area contributed by atoms with E-state index >= 15 is 0 Å². The van der Waals surface area contributed by atoms with Crippen LogP contribution >= 0.6 is 0 Å². The average molecular weight is 853 g/mol. The van der Waals surface area contributed by atoms with Crippen LogP contribution in [0.15, 0.2) is 60.7 Å². The molecule has 0 saturated carbocycles. The maximum atomic E-state index is 13.0. The van der Waals surface area contributed by atoms with E-state index < -0.39 is 41.4 Å². The number of carbonyl (C=O) groups is 6. The van der Waals surface area contributed by atoms with Crippen LogP contribution < -0.4 is 5.32 Å². The number of likely N-dealkylation sites (tertiary alicyclic amines) is 2. The van der Waals surface area contributed by atoms with Gasteiger partial charge in [0.05, 0.1) is 0 Å². The Morgan fingerprint density at radius 2 is 0.951 bits per heavy atom. The maximum absolute atomic E-state index is 13.0. The number of aliphatic carboxylic acids is 1. The molecule has 61 heavy (non-hydrogen) atoms. The first-order chi connectivity index (χ1) is 28.9. The number of benzene rings is 2. The number of nitrogens with zero attached hydrogens (tertiary/aromatic N) is 5. The summed E-state index contributed by atoms with van der Waals surface area (Å²) in [5, 5.41) is 12.1. The molecule has 0 spiro atoms. The molecule has 4 saturated heterocycles. The number of nitrogens with one attached hydrogen (secondary N) is 1. The van der Waals surface area contributed by atoms with Crippen molar-refractivity contribution in [2.45, 2.75) is 104 Å². The number of hydrogen-bond donors (Lipinski definition) is 2. The number of ether oxygens (including phenoxy) is 4. The zero-order valence-electron chi connectivity index (χ0n) is 36.5. The van der Waals surface area contributed by atoms with Crippen LogP contribution in [0.4, 0.5) is 19.2 Å². The number of rotatable bonds is 6. The van der Waals surface area contributed by atoms with E-state index in [-0.39, 0.29) is 24.7 Å². The second kappa shape index (κ2) is 22.9. The molecule has 4 fully saturated rings. The molecule has 0 aliphatic carbocycles. The average Bonchev–Trinajstić information content (AvgIpc) is 3.94. The van der Waals surface area contributed by atoms with Gasteiger partial charge in [0.2, 0.25) is 5.91 Å². The van der Waals surface area contributed by atoms with Crippen molar-refractivity contribution in [2.24, 2.45) is 0 Å². The van der Waals surface area contributed by atoms with E-state index in [0.29, 0.717) is 58.7 Å². The van der Waals surface area contributed by atoms with Crippen LogP contribution in [0.25, 0.3) is 0 Å². The number of carboxylic acid groups (broad SMARTS) is 1. The lowest BCUT2D eigenvalue weighted by Crippen LogP contribution is -2.55. The zero-order valence-corrected chi connectivity index (χ0v) is 36.5. The third-order valence-electron chi connectivity index (χ3n) is 9.97. The Hall–Kier alpha value is -5.58. The van der Waals surface area contributed by atoms with Gasteiger partial charge in [0.25, 0.3) is 0 Å². The molecule has 2 N–H and O–H groups in total. The second-order valence-corrected chi connectivity index (χ2v) is 17.1. The number of carbonyl (C=O) groups excluding carboxylic acids is 5. The third kappa shape index (κ3) is 16.1. The molecule has 2 atom stereocenters. The molecular weight excluding hydrogens is 789 g/mol. The Balaban J connectivity index is 0.000000222. The minimum Gasteiger partial charge on any atom is -0.480 e. The maximum Gasteiger partial charge on any atom is 0.411 e. The first-order valence-electron chi connectivity index (χ1n) is 21.0. The van der Waals surface area contributed by atoms with E-state index in [1.165, 1.54) is 9.80 Å². The SMILES string of the molecule is CC(C)(C)OC(=O)N1CCC[C@@H]1C(=O)N1CCN(C(=O)OCc2ccccc2)CC1.CC(C)(C)OC(=O)N1CCC[C@@H]1C(=O)O.O=C(OCc1ccccc1)N1CCNCC1. The monoisotopic (exact) mass is 852 g/mol. The molecule has 0 aromatic heterocycles. The summed E-state index contributed by atoms with van der Waals surface area (Å²) in [6.07, 6.45) is 1.07. The lowest BCUT2D eigenvalue weighted by atomic mass is 10.1. The van der Waals surface area contributed by atoms with E-state index in [4.69, 9.17) is 24.1 Å². The smallest absolute Gasteiger partial charge is 0.411 e. The summed E-state index contributed by atoms with van der Waals surface area (Å²) in [5.74, 6) is -1.03. The van der Waals surface area contributed by atoms with Gasteiger partial charge >= 0.3 is 30.3 Å². The van der Waals surface area contributed by atoms with Gasteiger partial charge in [-0.25, -0.2) is 24.0 Å². The fraction of sp³-hybridized carbons (Fsp3) is 0.591. The van der Waals surface area contributed by atoms with Crippen LogP contribution in [0, 0.1) is 0 Å². The summed E-state index contributed by atoms with van der Waals surface area (Å²) in [7, 11) is 0. The third-order valence-corrected chi connectivity index (χ3v) is 9.97. The van der Waals surface area contributed by atoms with Crippen molar-refractivity contribution in [3.05, 3.63) is 71.8 Å². The molecule has 336 valence electrons. The fourth-order valence-corrected chi connectivity index (χ4v) is 6.91. The van der Waals surface area contributed by atoms with Gasteiger partial charge in [-0.05, 0) is 78.4 Å². The quantitative estimate of drug-likeness (QED) is 0.345. The van der Waals surface area contributed by atoms with Crippen LogP contribution in [0.5, 0.6) is 0 Å². The Morgan fingerprint density at radius 1 is 0.557 bits per heavy atom. The highest BCUT2D eigenvalue weighted by atomic mass is 16.6. The summed E-state index contributed by atoms with van der Waals surface area (Å²) in [6.45, 7) is 17.1. The molecule has 4 aliphatic rings. The van der Waals surface area contributed by atoms with Crippen LogP contribution in [0.3, 0.4) is 0 Å². The zero-order chi connectivity index (χ0) is 44.6. The Labute approximate surface area is 359 Å². The summed E-state index contributed by atoms with van der Waals surface area (Å²) in [5.41, 5.74) is 0.774.